The summed E-state index contributed by atoms with van der Waals surface area (Å²) in [4.78, 5) is 9.24. The summed E-state index contributed by atoms with van der Waals surface area (Å²) < 4.78 is 5.44. The maximum Gasteiger partial charge on any atom is 0.136 e. The Morgan fingerprint density at radius 1 is 1.25 bits per heavy atom. The molecule has 1 aromatic rings. The fourth-order valence-corrected chi connectivity index (χ4v) is 1.77. The van der Waals surface area contributed by atoms with Gasteiger partial charge in [-0.15, -0.1) is 0 Å². The summed E-state index contributed by atoms with van der Waals surface area (Å²) in [6.07, 6.45) is 0.885. The summed E-state index contributed by atoms with van der Waals surface area (Å²) in [5.74, 6) is 1.81. The number of rotatable bonds is 1. The molecule has 0 fully saturated rings. The van der Waals surface area contributed by atoms with E-state index in [-0.39, 0.29) is 5.41 Å². The molecular weight excluding hydrogens is 202 g/mol. The Morgan fingerprint density at radius 2 is 2.00 bits per heavy atom. The second-order valence-corrected chi connectivity index (χ2v) is 5.12. The van der Waals surface area contributed by atoms with Crippen LogP contribution in [0.3, 0.4) is 0 Å². The molecule has 0 aliphatic carbocycles. The molecule has 1 N–H and O–H groups in total. The molecule has 0 aromatic carbocycles. The lowest BCUT2D eigenvalue weighted by atomic mass is 9.95. The number of hydrogen-bond donors (Lipinski definition) is 1. The Kier molecular flexibility index (Phi) is 2.84. The van der Waals surface area contributed by atoms with Gasteiger partial charge in [0.1, 0.15) is 11.6 Å². The quantitative estimate of drug-likeness (QED) is 0.786. The van der Waals surface area contributed by atoms with Crippen LogP contribution in [-0.4, -0.2) is 23.6 Å². The largest absolute Gasteiger partial charge is 0.376 e. The molecule has 0 spiro atoms. The van der Waals surface area contributed by atoms with E-state index >= 15 is 0 Å². The van der Waals surface area contributed by atoms with E-state index in [1.54, 1.807) is 0 Å². The third kappa shape index (κ3) is 2.02. The molecule has 0 atom stereocenters. The minimum Gasteiger partial charge on any atom is -0.376 e. The topological polar surface area (TPSA) is 47.0 Å². The van der Waals surface area contributed by atoms with Crippen LogP contribution in [-0.2, 0) is 23.2 Å². The number of fused-ring (bicyclic) bond motifs is 1. The van der Waals surface area contributed by atoms with Crippen molar-refractivity contribution in [2.75, 3.05) is 19.0 Å². The summed E-state index contributed by atoms with van der Waals surface area (Å²) in [6, 6.07) is 0. The minimum absolute atomic E-state index is 0.0149. The molecule has 2 rings (SSSR count). The van der Waals surface area contributed by atoms with Crippen molar-refractivity contribution in [3.05, 3.63) is 17.1 Å². The van der Waals surface area contributed by atoms with Gasteiger partial charge in [0.15, 0.2) is 0 Å². The van der Waals surface area contributed by atoms with Gasteiger partial charge in [0.2, 0.25) is 0 Å². The molecule has 4 heteroatoms. The van der Waals surface area contributed by atoms with Crippen LogP contribution in [0.15, 0.2) is 0 Å². The summed E-state index contributed by atoms with van der Waals surface area (Å²) in [7, 11) is 1.89. The normalized spacial score (nSPS) is 15.8. The fraction of sp³-hybridized carbons (Fsp3) is 0.667. The van der Waals surface area contributed by atoms with Crippen molar-refractivity contribution in [3.8, 4) is 0 Å². The molecule has 1 aliphatic rings. The molecule has 2 heterocycles. The smallest absolute Gasteiger partial charge is 0.136 e. The number of aromatic nitrogens is 2. The van der Waals surface area contributed by atoms with E-state index in [1.807, 2.05) is 7.05 Å². The molecular formula is C12H19N3O. The van der Waals surface area contributed by atoms with Crippen LogP contribution >= 0.6 is 0 Å². The first-order valence-electron chi connectivity index (χ1n) is 5.68. The van der Waals surface area contributed by atoms with Crippen molar-refractivity contribution >= 4 is 5.82 Å². The van der Waals surface area contributed by atoms with Crippen LogP contribution in [0.4, 0.5) is 5.82 Å². The molecule has 88 valence electrons. The summed E-state index contributed by atoms with van der Waals surface area (Å²) in [6.45, 7) is 7.78. The zero-order valence-corrected chi connectivity index (χ0v) is 10.4. The summed E-state index contributed by atoms with van der Waals surface area (Å²) >= 11 is 0. The predicted molar refractivity (Wildman–Crippen MR) is 63.6 cm³/mol. The van der Waals surface area contributed by atoms with E-state index in [4.69, 9.17) is 4.74 Å². The van der Waals surface area contributed by atoms with E-state index in [9.17, 15) is 0 Å². The lowest BCUT2D eigenvalue weighted by Crippen LogP contribution is -2.22. The zero-order valence-electron chi connectivity index (χ0n) is 10.4. The van der Waals surface area contributed by atoms with Gasteiger partial charge in [-0.2, -0.15) is 0 Å². The molecule has 0 radical (unpaired) electrons. The lowest BCUT2D eigenvalue weighted by molar-refractivity contribution is 0.109. The predicted octanol–water partition coefficient (Wildman–Crippen LogP) is 1.89. The lowest BCUT2D eigenvalue weighted by Gasteiger charge is -2.23. The van der Waals surface area contributed by atoms with E-state index in [1.165, 1.54) is 0 Å². The highest BCUT2D eigenvalue weighted by molar-refractivity contribution is 5.47. The highest BCUT2D eigenvalue weighted by Gasteiger charge is 2.23. The standard InChI is InChI=1S/C12H19N3O/c1-12(2,3)11-14-9-5-6-16-7-8(9)10(13-4)15-11/h5-7H2,1-4H3,(H,13,14,15). The van der Waals surface area contributed by atoms with Crippen molar-refractivity contribution in [2.45, 2.75) is 39.2 Å². The Labute approximate surface area is 96.4 Å². The molecule has 0 unspecified atom stereocenters. The van der Waals surface area contributed by atoms with Crippen LogP contribution in [0.5, 0.6) is 0 Å². The minimum atomic E-state index is -0.0149. The average Bonchev–Trinajstić information content (AvgIpc) is 2.26. The number of anilines is 1. The molecule has 0 saturated heterocycles. The molecule has 0 bridgehead atoms. The van der Waals surface area contributed by atoms with Crippen LogP contribution in [0.25, 0.3) is 0 Å². The monoisotopic (exact) mass is 221 g/mol. The maximum atomic E-state index is 5.44. The van der Waals surface area contributed by atoms with Crippen LogP contribution < -0.4 is 5.32 Å². The van der Waals surface area contributed by atoms with E-state index < -0.39 is 0 Å². The molecule has 1 aliphatic heterocycles. The van der Waals surface area contributed by atoms with Crippen molar-refractivity contribution in [1.82, 2.24) is 9.97 Å². The van der Waals surface area contributed by atoms with Crippen LogP contribution in [0.1, 0.15) is 37.9 Å². The second kappa shape index (κ2) is 4.01. The van der Waals surface area contributed by atoms with E-state index in [2.05, 4.69) is 36.1 Å². The van der Waals surface area contributed by atoms with Gasteiger partial charge in [0, 0.05) is 24.4 Å². The summed E-state index contributed by atoms with van der Waals surface area (Å²) in [5, 5.41) is 3.14. The Balaban J connectivity index is 2.52. The second-order valence-electron chi connectivity index (χ2n) is 5.12. The van der Waals surface area contributed by atoms with Gasteiger partial charge in [0.25, 0.3) is 0 Å². The average molecular weight is 221 g/mol. The number of ether oxygens (including phenoxy) is 1. The summed E-state index contributed by atoms with van der Waals surface area (Å²) in [5.41, 5.74) is 2.23. The van der Waals surface area contributed by atoms with Gasteiger partial charge in [-0.3, -0.25) is 0 Å². The fourth-order valence-electron chi connectivity index (χ4n) is 1.77. The van der Waals surface area contributed by atoms with Gasteiger partial charge < -0.3 is 10.1 Å². The molecule has 4 nitrogen and oxygen atoms in total. The molecule has 0 saturated carbocycles. The van der Waals surface area contributed by atoms with Gasteiger partial charge >= 0.3 is 0 Å². The number of hydrogen-bond acceptors (Lipinski definition) is 4. The number of nitrogens with one attached hydrogen (secondary N) is 1. The number of nitrogens with zero attached hydrogens (tertiary/aromatic N) is 2. The van der Waals surface area contributed by atoms with Crippen molar-refractivity contribution in [2.24, 2.45) is 0 Å². The first-order chi connectivity index (χ1) is 7.52. The highest BCUT2D eigenvalue weighted by Crippen LogP contribution is 2.26. The molecule has 0 amide bonds. The van der Waals surface area contributed by atoms with Crippen molar-refractivity contribution < 1.29 is 4.74 Å². The molecule has 16 heavy (non-hydrogen) atoms. The van der Waals surface area contributed by atoms with E-state index in [0.717, 1.165) is 35.9 Å². The highest BCUT2D eigenvalue weighted by atomic mass is 16.5. The third-order valence-corrected chi connectivity index (χ3v) is 2.73. The van der Waals surface area contributed by atoms with Gasteiger partial charge in [0.05, 0.1) is 18.9 Å². The van der Waals surface area contributed by atoms with E-state index in [0.29, 0.717) is 6.61 Å². The Morgan fingerprint density at radius 3 is 2.62 bits per heavy atom. The third-order valence-electron chi connectivity index (χ3n) is 2.73. The Hall–Kier alpha value is -1.16. The van der Waals surface area contributed by atoms with Crippen molar-refractivity contribution in [1.29, 1.82) is 0 Å². The zero-order chi connectivity index (χ0) is 11.8. The van der Waals surface area contributed by atoms with Gasteiger partial charge in [-0.05, 0) is 0 Å². The first kappa shape index (κ1) is 11.3. The van der Waals surface area contributed by atoms with Crippen LogP contribution in [0, 0.1) is 0 Å². The first-order valence-corrected chi connectivity index (χ1v) is 5.68. The van der Waals surface area contributed by atoms with Crippen molar-refractivity contribution in [3.63, 3.8) is 0 Å². The molecule has 1 aromatic heterocycles. The maximum absolute atomic E-state index is 5.44. The van der Waals surface area contributed by atoms with Gasteiger partial charge in [-0.1, -0.05) is 20.8 Å². The van der Waals surface area contributed by atoms with Gasteiger partial charge in [-0.25, -0.2) is 9.97 Å². The SMILES string of the molecule is CNc1nc(C(C)(C)C)nc2c1COCC2. The Bertz CT molecular complexity index is 379. The van der Waals surface area contributed by atoms with Crippen LogP contribution in [0.2, 0.25) is 0 Å².